The predicted octanol–water partition coefficient (Wildman–Crippen LogP) is 1.92. The Kier molecular flexibility index (Phi) is 5.30. The van der Waals surface area contributed by atoms with Crippen LogP contribution in [0.5, 0.6) is 0 Å². The first-order valence-corrected chi connectivity index (χ1v) is 10.8. The molecular formula is C20H27N5O3S. The number of hydrogen-bond donors (Lipinski definition) is 2. The van der Waals surface area contributed by atoms with Crippen molar-refractivity contribution in [2.24, 2.45) is 11.3 Å². The van der Waals surface area contributed by atoms with Gasteiger partial charge in [-0.1, -0.05) is 20.8 Å². The van der Waals surface area contributed by atoms with Crippen LogP contribution in [0.15, 0.2) is 6.33 Å². The van der Waals surface area contributed by atoms with Gasteiger partial charge in [0.2, 0.25) is 5.82 Å². The number of amides is 1. The second-order valence-electron chi connectivity index (χ2n) is 8.68. The van der Waals surface area contributed by atoms with E-state index in [4.69, 9.17) is 0 Å². The van der Waals surface area contributed by atoms with Crippen LogP contribution in [-0.2, 0) is 12.8 Å². The summed E-state index contributed by atoms with van der Waals surface area (Å²) in [5, 5.41) is 23.7. The van der Waals surface area contributed by atoms with Crippen molar-refractivity contribution < 1.29 is 15.0 Å². The summed E-state index contributed by atoms with van der Waals surface area (Å²) in [6, 6.07) is 0. The zero-order valence-electron chi connectivity index (χ0n) is 17.1. The molecule has 2 N–H and O–H groups in total. The lowest BCUT2D eigenvalue weighted by atomic mass is 9.72. The van der Waals surface area contributed by atoms with Crippen molar-refractivity contribution in [3.05, 3.63) is 22.6 Å². The molecular weight excluding hydrogens is 390 g/mol. The molecule has 0 bridgehead atoms. The molecule has 0 unspecified atom stereocenters. The zero-order chi connectivity index (χ0) is 20.8. The lowest BCUT2D eigenvalue weighted by Gasteiger charge is -2.33. The smallest absolute Gasteiger partial charge is 0.293 e. The summed E-state index contributed by atoms with van der Waals surface area (Å²) in [4.78, 5) is 25.5. The molecule has 0 radical (unpaired) electrons. The van der Waals surface area contributed by atoms with Gasteiger partial charge in [0, 0.05) is 18.0 Å². The lowest BCUT2D eigenvalue weighted by Crippen LogP contribution is -2.36. The van der Waals surface area contributed by atoms with Crippen LogP contribution in [0.2, 0.25) is 0 Å². The van der Waals surface area contributed by atoms with Gasteiger partial charge in [-0.05, 0) is 36.2 Å². The van der Waals surface area contributed by atoms with Crippen molar-refractivity contribution in [2.45, 2.75) is 40.0 Å². The van der Waals surface area contributed by atoms with Gasteiger partial charge in [0.05, 0.1) is 18.6 Å². The predicted molar refractivity (Wildman–Crippen MR) is 111 cm³/mol. The Bertz CT molecular complexity index is 1050. The number of hydrogen-bond acceptors (Lipinski definition) is 7. The van der Waals surface area contributed by atoms with Gasteiger partial charge in [-0.3, -0.25) is 4.79 Å². The van der Waals surface area contributed by atoms with Gasteiger partial charge < -0.3 is 15.1 Å². The summed E-state index contributed by atoms with van der Waals surface area (Å²) in [5.74, 6) is 0.297. The fourth-order valence-corrected chi connectivity index (χ4v) is 5.36. The minimum Gasteiger partial charge on any atom is -0.395 e. The Morgan fingerprint density at radius 1 is 1.31 bits per heavy atom. The number of carbonyl (C=O) groups excluding carboxylic acids is 1. The average molecular weight is 418 g/mol. The molecule has 1 amide bonds. The number of nitrogens with zero attached hydrogens (tertiary/aromatic N) is 5. The van der Waals surface area contributed by atoms with E-state index in [0.29, 0.717) is 11.6 Å². The maximum Gasteiger partial charge on any atom is 0.293 e. The van der Waals surface area contributed by atoms with Crippen molar-refractivity contribution in [3.8, 4) is 0 Å². The normalized spacial score (nSPS) is 17.1. The largest absolute Gasteiger partial charge is 0.395 e. The van der Waals surface area contributed by atoms with E-state index >= 15 is 0 Å². The molecule has 3 aromatic heterocycles. The highest BCUT2D eigenvalue weighted by molar-refractivity contribution is 7.19. The summed E-state index contributed by atoms with van der Waals surface area (Å²) >= 11 is 1.72. The summed E-state index contributed by atoms with van der Waals surface area (Å²) in [7, 11) is 0. The lowest BCUT2D eigenvalue weighted by molar-refractivity contribution is 0.0673. The zero-order valence-corrected chi connectivity index (χ0v) is 17.9. The number of fused-ring (bicyclic) bond motifs is 5. The van der Waals surface area contributed by atoms with Crippen LogP contribution in [0.4, 0.5) is 0 Å². The van der Waals surface area contributed by atoms with Crippen molar-refractivity contribution in [2.75, 3.05) is 26.3 Å². The van der Waals surface area contributed by atoms with Crippen molar-refractivity contribution >= 4 is 33.1 Å². The summed E-state index contributed by atoms with van der Waals surface area (Å²) in [6.07, 6.45) is 4.76. The number of thiophene rings is 1. The van der Waals surface area contributed by atoms with E-state index < -0.39 is 5.91 Å². The molecule has 1 atom stereocenters. The van der Waals surface area contributed by atoms with Crippen LogP contribution in [0.1, 0.15) is 48.3 Å². The van der Waals surface area contributed by atoms with E-state index in [1.807, 2.05) is 0 Å². The molecule has 3 heterocycles. The van der Waals surface area contributed by atoms with Crippen molar-refractivity contribution in [1.29, 1.82) is 0 Å². The van der Waals surface area contributed by atoms with E-state index in [0.717, 1.165) is 29.5 Å². The van der Waals surface area contributed by atoms with Crippen LogP contribution in [0.25, 0.3) is 15.9 Å². The molecule has 156 valence electrons. The highest BCUT2D eigenvalue weighted by Gasteiger charge is 2.32. The van der Waals surface area contributed by atoms with Crippen LogP contribution >= 0.6 is 11.3 Å². The van der Waals surface area contributed by atoms with Gasteiger partial charge in [0.15, 0.2) is 5.65 Å². The van der Waals surface area contributed by atoms with Gasteiger partial charge in [-0.15, -0.1) is 16.4 Å². The second-order valence-corrected chi connectivity index (χ2v) is 9.76. The fraction of sp³-hybridized carbons (Fsp3) is 0.600. The Labute approximate surface area is 173 Å². The van der Waals surface area contributed by atoms with Crippen molar-refractivity contribution in [3.63, 3.8) is 0 Å². The minimum absolute atomic E-state index is 0.0597. The Balaban J connectivity index is 1.75. The molecule has 0 saturated carbocycles. The van der Waals surface area contributed by atoms with E-state index in [1.54, 1.807) is 22.2 Å². The van der Waals surface area contributed by atoms with Crippen molar-refractivity contribution in [1.82, 2.24) is 24.5 Å². The molecule has 0 aromatic carbocycles. The quantitative estimate of drug-likeness (QED) is 0.657. The molecule has 3 aromatic rings. The first-order chi connectivity index (χ1) is 13.8. The highest BCUT2D eigenvalue weighted by Crippen LogP contribution is 2.43. The van der Waals surface area contributed by atoms with E-state index in [1.165, 1.54) is 15.3 Å². The molecule has 1 aliphatic rings. The molecule has 0 spiro atoms. The molecule has 0 aliphatic heterocycles. The third-order valence-electron chi connectivity index (χ3n) is 5.83. The molecule has 4 rings (SSSR count). The number of aromatic nitrogens is 4. The molecule has 9 heteroatoms. The van der Waals surface area contributed by atoms with Gasteiger partial charge >= 0.3 is 0 Å². The Morgan fingerprint density at radius 3 is 2.69 bits per heavy atom. The maximum absolute atomic E-state index is 12.8. The Hall–Kier alpha value is -2.10. The number of aliphatic hydroxyl groups excluding tert-OH is 2. The molecule has 8 nitrogen and oxygen atoms in total. The van der Waals surface area contributed by atoms with Gasteiger partial charge in [-0.25, -0.2) is 14.5 Å². The second kappa shape index (κ2) is 7.62. The van der Waals surface area contributed by atoms with E-state index in [9.17, 15) is 15.0 Å². The third kappa shape index (κ3) is 3.62. The summed E-state index contributed by atoms with van der Waals surface area (Å²) in [5.41, 5.74) is 2.21. The highest BCUT2D eigenvalue weighted by atomic mass is 32.1. The van der Waals surface area contributed by atoms with Gasteiger partial charge in [-0.2, -0.15) is 0 Å². The van der Waals surface area contributed by atoms with E-state index in [-0.39, 0.29) is 37.5 Å². The molecule has 0 saturated heterocycles. The molecule has 29 heavy (non-hydrogen) atoms. The van der Waals surface area contributed by atoms with E-state index in [2.05, 4.69) is 35.8 Å². The summed E-state index contributed by atoms with van der Waals surface area (Å²) < 4.78 is 1.56. The first kappa shape index (κ1) is 20.2. The average Bonchev–Trinajstić information content (AvgIpc) is 3.26. The fourth-order valence-electron chi connectivity index (χ4n) is 4.10. The first-order valence-electron chi connectivity index (χ1n) is 10.00. The van der Waals surface area contributed by atoms with Gasteiger partial charge in [0.1, 0.15) is 11.2 Å². The number of rotatable bonds is 5. The Morgan fingerprint density at radius 2 is 2.03 bits per heavy atom. The van der Waals surface area contributed by atoms with Crippen LogP contribution in [0, 0.1) is 11.3 Å². The summed E-state index contributed by atoms with van der Waals surface area (Å²) in [6.45, 7) is 6.79. The van der Waals surface area contributed by atoms with Crippen LogP contribution < -0.4 is 0 Å². The SMILES string of the molecule is CC(C)(C)[C@@H]1CCc2c(sc3ncn4nc(C(=O)N(CCO)CCO)nc4c23)C1. The van der Waals surface area contributed by atoms with Gasteiger partial charge in [0.25, 0.3) is 5.91 Å². The maximum atomic E-state index is 12.8. The monoisotopic (exact) mass is 417 g/mol. The molecule has 0 fully saturated rings. The number of aryl methyl sites for hydroxylation is 1. The standard InChI is InChI=1S/C20H27N5O3S/c1-20(2,3)12-4-5-13-14(10-12)29-18-15(13)17-22-16(23-25(17)11-21-18)19(28)24(6-8-26)7-9-27/h11-12,26-27H,4-10H2,1-3H3/t12-/m1/s1. The minimum atomic E-state index is -0.401. The topological polar surface area (TPSA) is 104 Å². The third-order valence-corrected chi connectivity index (χ3v) is 6.99. The number of aliphatic hydroxyl groups is 2. The number of carbonyl (C=O) groups is 1. The van der Waals surface area contributed by atoms with Crippen LogP contribution in [-0.4, -0.2) is 66.9 Å². The van der Waals surface area contributed by atoms with Crippen LogP contribution in [0.3, 0.4) is 0 Å². The molecule has 1 aliphatic carbocycles.